The number of carbonyl (C=O) groups excluding carboxylic acids is 1. The number of thioether (sulfide) groups is 1. The van der Waals surface area contributed by atoms with Crippen molar-refractivity contribution >= 4 is 33.2 Å². The molecule has 166 valence electrons. The van der Waals surface area contributed by atoms with Gasteiger partial charge in [0.2, 0.25) is 0 Å². The molecule has 1 aromatic rings. The van der Waals surface area contributed by atoms with E-state index < -0.39 is 57.1 Å². The molecule has 10 nitrogen and oxygen atoms in total. The van der Waals surface area contributed by atoms with Crippen molar-refractivity contribution in [2.24, 2.45) is 0 Å². The van der Waals surface area contributed by atoms with Crippen LogP contribution in [0.5, 0.6) is 0 Å². The molecule has 0 radical (unpaired) electrons. The van der Waals surface area contributed by atoms with Gasteiger partial charge >= 0.3 is 0 Å². The zero-order valence-electron chi connectivity index (χ0n) is 15.7. The van der Waals surface area contributed by atoms with Gasteiger partial charge < -0.3 is 35.2 Å². The van der Waals surface area contributed by atoms with Crippen LogP contribution in [0.25, 0.3) is 0 Å². The number of para-hydroxylation sites is 1. The van der Waals surface area contributed by atoms with Crippen LogP contribution in [-0.2, 0) is 24.1 Å². The van der Waals surface area contributed by atoms with Crippen LogP contribution in [0.4, 0.5) is 5.69 Å². The minimum Gasteiger partial charge on any atom is -0.494 e. The van der Waals surface area contributed by atoms with Gasteiger partial charge in [0.1, 0.15) is 42.2 Å². The summed E-state index contributed by atoms with van der Waals surface area (Å²) in [5, 5.41) is 41.7. The molecule has 0 bridgehead atoms. The first-order valence-corrected chi connectivity index (χ1v) is 11.8. The lowest BCUT2D eigenvalue weighted by Crippen LogP contribution is -2.57. The number of aliphatic hydroxyl groups is 4. The van der Waals surface area contributed by atoms with E-state index in [-0.39, 0.29) is 23.9 Å². The number of nitrogens with one attached hydrogen (secondary N) is 1. The molecule has 0 spiro atoms. The Kier molecular flexibility index (Phi) is 7.39. The summed E-state index contributed by atoms with van der Waals surface area (Å²) >= 11 is 0.883. The SMILES string of the molecule is O=C(Nc1ccccc1)C1=C(CS[C@@H]2O[C@H](CO)[C@@H](O)[C@H](O)[C@H]2O)OCCS1(=O)=O. The minimum absolute atomic E-state index is 0.100. The lowest BCUT2D eigenvalue weighted by atomic mass is 10.0. The third kappa shape index (κ3) is 4.97. The van der Waals surface area contributed by atoms with E-state index in [4.69, 9.17) is 9.47 Å². The second kappa shape index (κ2) is 9.64. The van der Waals surface area contributed by atoms with E-state index in [2.05, 4.69) is 5.32 Å². The van der Waals surface area contributed by atoms with Gasteiger partial charge in [0.25, 0.3) is 5.91 Å². The molecule has 0 aromatic heterocycles. The number of rotatable bonds is 6. The van der Waals surface area contributed by atoms with E-state index in [0.717, 1.165) is 11.8 Å². The van der Waals surface area contributed by atoms with Crippen LogP contribution >= 0.6 is 11.8 Å². The van der Waals surface area contributed by atoms with Crippen LogP contribution in [0.2, 0.25) is 0 Å². The lowest BCUT2D eigenvalue weighted by Gasteiger charge is -2.39. The van der Waals surface area contributed by atoms with E-state index in [1.807, 2.05) is 0 Å². The molecule has 0 saturated carbocycles. The summed E-state index contributed by atoms with van der Waals surface area (Å²) in [4.78, 5) is 12.2. The summed E-state index contributed by atoms with van der Waals surface area (Å²) in [5.41, 5.74) is -0.670. The van der Waals surface area contributed by atoms with Crippen LogP contribution in [0, 0.1) is 0 Å². The molecule has 0 unspecified atom stereocenters. The van der Waals surface area contributed by atoms with E-state index in [9.17, 15) is 33.6 Å². The summed E-state index contributed by atoms with van der Waals surface area (Å²) in [6.45, 7) is -0.713. The van der Waals surface area contributed by atoms with Gasteiger partial charge in [-0.2, -0.15) is 0 Å². The van der Waals surface area contributed by atoms with E-state index >= 15 is 0 Å². The largest absolute Gasteiger partial charge is 0.494 e. The quantitative estimate of drug-likeness (QED) is 0.348. The average Bonchev–Trinajstić information content (AvgIpc) is 2.71. The van der Waals surface area contributed by atoms with Crippen LogP contribution in [-0.4, -0.2) is 89.3 Å². The van der Waals surface area contributed by atoms with Crippen molar-refractivity contribution in [2.45, 2.75) is 29.9 Å². The number of hydrogen-bond acceptors (Lipinski definition) is 10. The number of benzene rings is 1. The maximum absolute atomic E-state index is 12.7. The maximum Gasteiger partial charge on any atom is 0.270 e. The van der Waals surface area contributed by atoms with Gasteiger partial charge in [-0.05, 0) is 12.1 Å². The molecule has 1 aromatic carbocycles. The minimum atomic E-state index is -3.90. The summed E-state index contributed by atoms with van der Waals surface area (Å²) < 4.78 is 35.9. The fraction of sp³-hybridized carbons (Fsp3) is 0.500. The number of aliphatic hydroxyl groups excluding tert-OH is 4. The number of sulfone groups is 1. The number of carbonyl (C=O) groups is 1. The Hall–Kier alpha value is -1.67. The van der Waals surface area contributed by atoms with Crippen LogP contribution < -0.4 is 5.32 Å². The Morgan fingerprint density at radius 2 is 1.83 bits per heavy atom. The van der Waals surface area contributed by atoms with Crippen molar-refractivity contribution in [3.8, 4) is 0 Å². The Morgan fingerprint density at radius 1 is 1.13 bits per heavy atom. The van der Waals surface area contributed by atoms with Gasteiger partial charge in [-0.1, -0.05) is 18.2 Å². The zero-order valence-corrected chi connectivity index (χ0v) is 17.4. The topological polar surface area (TPSA) is 163 Å². The smallest absolute Gasteiger partial charge is 0.270 e. The first-order chi connectivity index (χ1) is 14.2. The molecule has 2 aliphatic heterocycles. The number of amides is 1. The number of ether oxygens (including phenoxy) is 2. The molecule has 2 aliphatic rings. The molecule has 30 heavy (non-hydrogen) atoms. The zero-order chi connectivity index (χ0) is 21.9. The Bertz CT molecular complexity index is 888. The van der Waals surface area contributed by atoms with Crippen molar-refractivity contribution < 1.29 is 43.1 Å². The van der Waals surface area contributed by atoms with Crippen molar-refractivity contribution in [1.82, 2.24) is 0 Å². The average molecular weight is 462 g/mol. The summed E-state index contributed by atoms with van der Waals surface area (Å²) in [7, 11) is -3.90. The third-order valence-corrected chi connectivity index (χ3v) is 7.54. The predicted octanol–water partition coefficient (Wildman–Crippen LogP) is -1.19. The van der Waals surface area contributed by atoms with Crippen molar-refractivity contribution in [3.05, 3.63) is 41.0 Å². The van der Waals surface area contributed by atoms with Crippen molar-refractivity contribution in [2.75, 3.05) is 30.0 Å². The molecule has 12 heteroatoms. The molecular weight excluding hydrogens is 438 g/mol. The molecule has 2 heterocycles. The van der Waals surface area contributed by atoms with E-state index in [1.54, 1.807) is 30.3 Å². The highest BCUT2D eigenvalue weighted by atomic mass is 32.2. The lowest BCUT2D eigenvalue weighted by molar-refractivity contribution is -0.205. The van der Waals surface area contributed by atoms with Crippen molar-refractivity contribution in [3.63, 3.8) is 0 Å². The van der Waals surface area contributed by atoms with Gasteiger partial charge in [-0.25, -0.2) is 8.42 Å². The first-order valence-electron chi connectivity index (χ1n) is 9.12. The maximum atomic E-state index is 12.7. The van der Waals surface area contributed by atoms with Gasteiger partial charge in [-0.15, -0.1) is 11.8 Å². The Morgan fingerprint density at radius 3 is 2.50 bits per heavy atom. The first kappa shape index (κ1) is 23.0. The van der Waals surface area contributed by atoms with E-state index in [1.165, 1.54) is 0 Å². The molecular formula is C18H23NO9S2. The molecule has 5 atom stereocenters. The van der Waals surface area contributed by atoms with Crippen LogP contribution in [0.1, 0.15) is 0 Å². The fourth-order valence-electron chi connectivity index (χ4n) is 3.06. The molecule has 1 fully saturated rings. The highest BCUT2D eigenvalue weighted by Gasteiger charge is 2.44. The standard InChI is InChI=1S/C18H23NO9S2/c20-8-11-13(21)14(22)15(23)18(28-11)29-9-12-16(30(25,26)7-6-27-12)17(24)19-10-4-2-1-3-5-10/h1-5,11,13-15,18,20-23H,6-9H2,(H,19,24)/t11-,13-,14+,15-,18+/m1/s1. The van der Waals surface area contributed by atoms with Crippen LogP contribution in [0.3, 0.4) is 0 Å². The number of anilines is 1. The van der Waals surface area contributed by atoms with Crippen molar-refractivity contribution in [1.29, 1.82) is 0 Å². The van der Waals surface area contributed by atoms with Gasteiger partial charge in [0.15, 0.2) is 14.7 Å². The molecule has 1 amide bonds. The molecule has 5 N–H and O–H groups in total. The second-order valence-electron chi connectivity index (χ2n) is 6.75. The van der Waals surface area contributed by atoms with Gasteiger partial charge in [-0.3, -0.25) is 4.79 Å². The normalized spacial score (nSPS) is 31.1. The Balaban J connectivity index is 1.79. The molecule has 0 aliphatic carbocycles. The monoisotopic (exact) mass is 461 g/mol. The van der Waals surface area contributed by atoms with Crippen LogP contribution in [0.15, 0.2) is 41.0 Å². The highest BCUT2D eigenvalue weighted by Crippen LogP contribution is 2.32. The fourth-order valence-corrected chi connectivity index (χ4v) is 5.60. The highest BCUT2D eigenvalue weighted by molar-refractivity contribution is 8.00. The second-order valence-corrected chi connectivity index (χ2v) is 9.88. The third-order valence-electron chi connectivity index (χ3n) is 4.66. The summed E-state index contributed by atoms with van der Waals surface area (Å²) in [6, 6.07) is 8.34. The van der Waals surface area contributed by atoms with Gasteiger partial charge in [0, 0.05) is 5.69 Å². The summed E-state index contributed by atoms with van der Waals surface area (Å²) in [5.74, 6) is -1.44. The number of hydrogen-bond donors (Lipinski definition) is 5. The predicted molar refractivity (Wildman–Crippen MR) is 108 cm³/mol. The Labute approximate surface area is 177 Å². The van der Waals surface area contributed by atoms with E-state index in [0.29, 0.717) is 5.69 Å². The molecule has 1 saturated heterocycles. The van der Waals surface area contributed by atoms with Gasteiger partial charge in [0.05, 0.1) is 18.1 Å². The summed E-state index contributed by atoms with van der Waals surface area (Å²) in [6.07, 6.45) is -5.64. The molecule has 3 rings (SSSR count).